The second-order valence-corrected chi connectivity index (χ2v) is 4.54. The quantitative estimate of drug-likeness (QED) is 0.646. The van der Waals surface area contributed by atoms with Crippen LogP contribution in [0.5, 0.6) is 0 Å². The molecule has 3 heteroatoms. The molecule has 0 aromatic heterocycles. The Morgan fingerprint density at radius 3 is 2.86 bits per heavy atom. The number of nitrogens with one attached hydrogen (secondary N) is 1. The highest BCUT2D eigenvalue weighted by molar-refractivity contribution is 4.79. The lowest BCUT2D eigenvalue weighted by Gasteiger charge is -2.16. The number of rotatable bonds is 6. The van der Waals surface area contributed by atoms with Gasteiger partial charge in [0, 0.05) is 25.7 Å². The highest BCUT2D eigenvalue weighted by Crippen LogP contribution is 2.07. The first-order valence-corrected chi connectivity index (χ1v) is 5.69. The molecule has 1 fully saturated rings. The van der Waals surface area contributed by atoms with E-state index in [0.29, 0.717) is 12.0 Å². The standard InChI is InChI=1S/C11H24N2O/c1-10(2)9-14-7-6-13-5-4-11(8-13)12-3/h10-12H,4-9H2,1-3H3. The van der Waals surface area contributed by atoms with E-state index in [1.54, 1.807) is 0 Å². The lowest BCUT2D eigenvalue weighted by atomic mass is 10.2. The van der Waals surface area contributed by atoms with Crippen molar-refractivity contribution >= 4 is 0 Å². The molecule has 0 aliphatic carbocycles. The first-order chi connectivity index (χ1) is 6.72. The molecular formula is C11H24N2O. The van der Waals surface area contributed by atoms with Gasteiger partial charge in [0.05, 0.1) is 6.61 Å². The Labute approximate surface area is 87.8 Å². The molecule has 1 N–H and O–H groups in total. The average Bonchev–Trinajstić information content (AvgIpc) is 2.60. The van der Waals surface area contributed by atoms with E-state index in [-0.39, 0.29) is 0 Å². The molecule has 0 aromatic carbocycles. The van der Waals surface area contributed by atoms with Crippen LogP contribution in [0.3, 0.4) is 0 Å². The zero-order chi connectivity index (χ0) is 10.4. The highest BCUT2D eigenvalue weighted by Gasteiger charge is 2.19. The van der Waals surface area contributed by atoms with Gasteiger partial charge in [-0.25, -0.2) is 0 Å². The van der Waals surface area contributed by atoms with E-state index in [2.05, 4.69) is 24.1 Å². The molecule has 1 atom stereocenters. The molecule has 0 bridgehead atoms. The van der Waals surface area contributed by atoms with Crippen molar-refractivity contribution in [3.8, 4) is 0 Å². The normalized spacial score (nSPS) is 23.6. The smallest absolute Gasteiger partial charge is 0.0593 e. The molecule has 1 aliphatic heterocycles. The number of nitrogens with zero attached hydrogens (tertiary/aromatic N) is 1. The summed E-state index contributed by atoms with van der Waals surface area (Å²) in [5.74, 6) is 0.652. The highest BCUT2D eigenvalue weighted by atomic mass is 16.5. The van der Waals surface area contributed by atoms with Crippen molar-refractivity contribution in [1.82, 2.24) is 10.2 Å². The Balaban J connectivity index is 1.97. The topological polar surface area (TPSA) is 24.5 Å². The lowest BCUT2D eigenvalue weighted by molar-refractivity contribution is 0.0907. The fraction of sp³-hybridized carbons (Fsp3) is 1.00. The van der Waals surface area contributed by atoms with Gasteiger partial charge in [0.15, 0.2) is 0 Å². The van der Waals surface area contributed by atoms with Crippen molar-refractivity contribution in [2.24, 2.45) is 5.92 Å². The van der Waals surface area contributed by atoms with Gasteiger partial charge < -0.3 is 10.1 Å². The van der Waals surface area contributed by atoms with Crippen molar-refractivity contribution in [2.75, 3.05) is 39.9 Å². The SMILES string of the molecule is CNC1CCN(CCOCC(C)C)C1. The fourth-order valence-electron chi connectivity index (χ4n) is 1.78. The monoisotopic (exact) mass is 200 g/mol. The number of likely N-dealkylation sites (N-methyl/N-ethyl adjacent to an activating group) is 1. The molecule has 1 rings (SSSR count). The van der Waals surface area contributed by atoms with Gasteiger partial charge in [-0.2, -0.15) is 0 Å². The second kappa shape index (κ2) is 6.38. The maximum absolute atomic E-state index is 5.56. The van der Waals surface area contributed by atoms with Gasteiger partial charge >= 0.3 is 0 Å². The first kappa shape index (κ1) is 12.0. The van der Waals surface area contributed by atoms with Crippen LogP contribution >= 0.6 is 0 Å². The van der Waals surface area contributed by atoms with Gasteiger partial charge in [-0.05, 0) is 25.9 Å². The maximum atomic E-state index is 5.56. The molecule has 0 spiro atoms. The summed E-state index contributed by atoms with van der Waals surface area (Å²) in [7, 11) is 2.05. The Hall–Kier alpha value is -0.120. The molecule has 1 heterocycles. The van der Waals surface area contributed by atoms with Crippen LogP contribution in [-0.4, -0.2) is 50.8 Å². The molecular weight excluding hydrogens is 176 g/mol. The third kappa shape index (κ3) is 4.40. The third-order valence-corrected chi connectivity index (χ3v) is 2.68. The van der Waals surface area contributed by atoms with Crippen LogP contribution in [0.1, 0.15) is 20.3 Å². The van der Waals surface area contributed by atoms with Gasteiger partial charge in [-0.15, -0.1) is 0 Å². The maximum Gasteiger partial charge on any atom is 0.0593 e. The summed E-state index contributed by atoms with van der Waals surface area (Å²) in [6, 6.07) is 0.695. The number of hydrogen-bond donors (Lipinski definition) is 1. The van der Waals surface area contributed by atoms with Crippen molar-refractivity contribution in [3.05, 3.63) is 0 Å². The van der Waals surface area contributed by atoms with Crippen LogP contribution in [0.25, 0.3) is 0 Å². The van der Waals surface area contributed by atoms with E-state index in [9.17, 15) is 0 Å². The molecule has 1 aliphatic rings. The summed E-state index contributed by atoms with van der Waals surface area (Å²) < 4.78 is 5.56. The molecule has 1 unspecified atom stereocenters. The summed E-state index contributed by atoms with van der Waals surface area (Å²) in [5.41, 5.74) is 0. The number of ether oxygens (including phenoxy) is 1. The van der Waals surface area contributed by atoms with Gasteiger partial charge in [0.2, 0.25) is 0 Å². The predicted octanol–water partition coefficient (Wildman–Crippen LogP) is 0.953. The minimum Gasteiger partial charge on any atom is -0.380 e. The Morgan fingerprint density at radius 2 is 2.29 bits per heavy atom. The van der Waals surface area contributed by atoms with E-state index in [0.717, 1.165) is 19.8 Å². The van der Waals surface area contributed by atoms with Gasteiger partial charge in [-0.3, -0.25) is 4.90 Å². The zero-order valence-corrected chi connectivity index (χ0v) is 9.75. The largest absolute Gasteiger partial charge is 0.380 e. The summed E-state index contributed by atoms with van der Waals surface area (Å²) in [4.78, 5) is 2.47. The zero-order valence-electron chi connectivity index (χ0n) is 9.75. The average molecular weight is 200 g/mol. The van der Waals surface area contributed by atoms with Crippen LogP contribution in [0, 0.1) is 5.92 Å². The Bertz CT molecular complexity index is 150. The van der Waals surface area contributed by atoms with E-state index in [1.807, 2.05) is 7.05 Å². The minimum atomic E-state index is 0.652. The number of hydrogen-bond acceptors (Lipinski definition) is 3. The summed E-state index contributed by atoms with van der Waals surface area (Å²) in [5, 5.41) is 3.32. The van der Waals surface area contributed by atoms with Crippen molar-refractivity contribution in [2.45, 2.75) is 26.3 Å². The van der Waals surface area contributed by atoms with Crippen LogP contribution in [-0.2, 0) is 4.74 Å². The molecule has 0 radical (unpaired) electrons. The fourth-order valence-corrected chi connectivity index (χ4v) is 1.78. The molecule has 1 saturated heterocycles. The summed E-state index contributed by atoms with van der Waals surface area (Å²) in [6.45, 7) is 9.64. The number of likely N-dealkylation sites (tertiary alicyclic amines) is 1. The Morgan fingerprint density at radius 1 is 1.50 bits per heavy atom. The van der Waals surface area contributed by atoms with Gasteiger partial charge in [-0.1, -0.05) is 13.8 Å². The van der Waals surface area contributed by atoms with Gasteiger partial charge in [0.1, 0.15) is 0 Å². The first-order valence-electron chi connectivity index (χ1n) is 5.69. The second-order valence-electron chi connectivity index (χ2n) is 4.54. The Kier molecular flexibility index (Phi) is 5.45. The molecule has 14 heavy (non-hydrogen) atoms. The molecule has 0 saturated carbocycles. The summed E-state index contributed by atoms with van der Waals surface area (Å²) >= 11 is 0. The van der Waals surface area contributed by atoms with Crippen LogP contribution in [0.4, 0.5) is 0 Å². The summed E-state index contributed by atoms with van der Waals surface area (Å²) in [6.07, 6.45) is 1.28. The van der Waals surface area contributed by atoms with Crippen LogP contribution in [0.2, 0.25) is 0 Å². The van der Waals surface area contributed by atoms with Crippen molar-refractivity contribution in [1.29, 1.82) is 0 Å². The lowest BCUT2D eigenvalue weighted by Crippen LogP contribution is -2.31. The molecule has 0 amide bonds. The molecule has 3 nitrogen and oxygen atoms in total. The van der Waals surface area contributed by atoms with Crippen molar-refractivity contribution in [3.63, 3.8) is 0 Å². The molecule has 0 aromatic rings. The van der Waals surface area contributed by atoms with Crippen LogP contribution in [0.15, 0.2) is 0 Å². The van der Waals surface area contributed by atoms with Gasteiger partial charge in [0.25, 0.3) is 0 Å². The predicted molar refractivity (Wildman–Crippen MR) is 59.6 cm³/mol. The van der Waals surface area contributed by atoms with Crippen LogP contribution < -0.4 is 5.32 Å². The van der Waals surface area contributed by atoms with E-state index in [1.165, 1.54) is 19.5 Å². The third-order valence-electron chi connectivity index (χ3n) is 2.68. The molecule has 84 valence electrons. The van der Waals surface area contributed by atoms with E-state index < -0.39 is 0 Å². The van der Waals surface area contributed by atoms with E-state index >= 15 is 0 Å². The van der Waals surface area contributed by atoms with E-state index in [4.69, 9.17) is 4.74 Å². The minimum absolute atomic E-state index is 0.652. The van der Waals surface area contributed by atoms with Crippen molar-refractivity contribution < 1.29 is 4.74 Å².